The van der Waals surface area contributed by atoms with Gasteiger partial charge in [0.15, 0.2) is 0 Å². The van der Waals surface area contributed by atoms with Gasteiger partial charge in [0.05, 0.1) is 11.9 Å². The van der Waals surface area contributed by atoms with E-state index in [-0.39, 0.29) is 6.03 Å². The Balaban J connectivity index is 1.86. The Bertz CT molecular complexity index is 574. The highest BCUT2D eigenvalue weighted by Crippen LogP contribution is 2.11. The zero-order valence-corrected chi connectivity index (χ0v) is 12.2. The van der Waals surface area contributed by atoms with E-state index in [2.05, 4.69) is 31.5 Å². The molecule has 1 aromatic heterocycles. The minimum absolute atomic E-state index is 0.288. The van der Waals surface area contributed by atoms with E-state index in [1.807, 2.05) is 18.2 Å². The minimum Gasteiger partial charge on any atom is -0.334 e. The Hall–Kier alpha value is -1.59. The standard InChI is InChI=1S/C13H11BrClN3O/c14-12-5-4-11(8-16-12)18-13(19)17-7-9-2-1-3-10(15)6-9/h1-6,8H,7H2,(H2,17,18,19). The molecule has 0 radical (unpaired) electrons. The molecule has 1 heterocycles. The zero-order valence-electron chi connectivity index (χ0n) is 9.86. The number of nitrogens with one attached hydrogen (secondary N) is 2. The van der Waals surface area contributed by atoms with Crippen molar-refractivity contribution in [2.24, 2.45) is 0 Å². The van der Waals surface area contributed by atoms with Gasteiger partial charge in [-0.2, -0.15) is 0 Å². The highest BCUT2D eigenvalue weighted by atomic mass is 79.9. The van der Waals surface area contributed by atoms with Gasteiger partial charge in [0, 0.05) is 11.6 Å². The molecule has 4 nitrogen and oxygen atoms in total. The van der Waals surface area contributed by atoms with Gasteiger partial charge in [-0.05, 0) is 45.8 Å². The maximum atomic E-state index is 11.7. The molecule has 0 atom stereocenters. The molecule has 0 aliphatic rings. The van der Waals surface area contributed by atoms with E-state index in [9.17, 15) is 4.79 Å². The number of hydrogen-bond acceptors (Lipinski definition) is 2. The highest BCUT2D eigenvalue weighted by Gasteiger charge is 2.02. The number of halogens is 2. The van der Waals surface area contributed by atoms with E-state index in [4.69, 9.17) is 11.6 Å². The summed E-state index contributed by atoms with van der Waals surface area (Å²) in [4.78, 5) is 15.7. The fourth-order valence-corrected chi connectivity index (χ4v) is 1.90. The lowest BCUT2D eigenvalue weighted by molar-refractivity contribution is 0.251. The first-order chi connectivity index (χ1) is 9.13. The van der Waals surface area contributed by atoms with Crippen LogP contribution in [0.1, 0.15) is 5.56 Å². The molecule has 2 N–H and O–H groups in total. The van der Waals surface area contributed by atoms with Gasteiger partial charge in [-0.1, -0.05) is 23.7 Å². The second-order valence-corrected chi connectivity index (χ2v) is 5.06. The number of carbonyl (C=O) groups is 1. The topological polar surface area (TPSA) is 54.0 Å². The van der Waals surface area contributed by atoms with Crippen molar-refractivity contribution in [2.45, 2.75) is 6.54 Å². The number of rotatable bonds is 3. The molecule has 0 bridgehead atoms. The number of aromatic nitrogens is 1. The Morgan fingerprint density at radius 3 is 2.84 bits per heavy atom. The van der Waals surface area contributed by atoms with Crippen LogP contribution in [0.5, 0.6) is 0 Å². The molecule has 0 unspecified atom stereocenters. The Morgan fingerprint density at radius 2 is 2.16 bits per heavy atom. The van der Waals surface area contributed by atoms with Crippen LogP contribution < -0.4 is 10.6 Å². The van der Waals surface area contributed by atoms with E-state index < -0.39 is 0 Å². The molecule has 0 spiro atoms. The fraction of sp³-hybridized carbons (Fsp3) is 0.0769. The Kier molecular flexibility index (Phi) is 4.76. The summed E-state index contributed by atoms with van der Waals surface area (Å²) in [5.74, 6) is 0. The van der Waals surface area contributed by atoms with Crippen LogP contribution in [-0.2, 0) is 6.54 Å². The van der Waals surface area contributed by atoms with Crippen molar-refractivity contribution in [3.05, 3.63) is 57.8 Å². The molecule has 0 aliphatic carbocycles. The van der Waals surface area contributed by atoms with Crippen LogP contribution in [0, 0.1) is 0 Å². The second kappa shape index (κ2) is 6.54. The quantitative estimate of drug-likeness (QED) is 0.835. The maximum absolute atomic E-state index is 11.7. The number of amides is 2. The van der Waals surface area contributed by atoms with Crippen LogP contribution in [0.15, 0.2) is 47.2 Å². The smallest absolute Gasteiger partial charge is 0.319 e. The van der Waals surface area contributed by atoms with Crippen molar-refractivity contribution in [3.63, 3.8) is 0 Å². The molecule has 0 fully saturated rings. The number of pyridine rings is 1. The molecule has 1 aromatic carbocycles. The molecule has 19 heavy (non-hydrogen) atoms. The molecule has 98 valence electrons. The molecule has 2 aromatic rings. The predicted molar refractivity (Wildman–Crippen MR) is 79.2 cm³/mol. The number of nitrogens with zero attached hydrogens (tertiary/aromatic N) is 1. The SMILES string of the molecule is O=C(NCc1cccc(Cl)c1)Nc1ccc(Br)nc1. The van der Waals surface area contributed by atoms with E-state index in [0.717, 1.165) is 10.2 Å². The number of hydrogen-bond donors (Lipinski definition) is 2. The minimum atomic E-state index is -0.288. The maximum Gasteiger partial charge on any atom is 0.319 e. The lowest BCUT2D eigenvalue weighted by atomic mass is 10.2. The van der Waals surface area contributed by atoms with Gasteiger partial charge in [-0.25, -0.2) is 9.78 Å². The number of carbonyl (C=O) groups excluding carboxylic acids is 1. The van der Waals surface area contributed by atoms with Crippen LogP contribution in [0.3, 0.4) is 0 Å². The zero-order chi connectivity index (χ0) is 13.7. The monoisotopic (exact) mass is 339 g/mol. The number of benzene rings is 1. The van der Waals surface area contributed by atoms with E-state index in [1.165, 1.54) is 0 Å². The van der Waals surface area contributed by atoms with Crippen molar-refractivity contribution in [2.75, 3.05) is 5.32 Å². The fourth-order valence-electron chi connectivity index (χ4n) is 1.45. The Labute approximate surface area is 124 Å². The van der Waals surface area contributed by atoms with Gasteiger partial charge in [-0.15, -0.1) is 0 Å². The lowest BCUT2D eigenvalue weighted by Gasteiger charge is -2.07. The Morgan fingerprint density at radius 1 is 1.32 bits per heavy atom. The van der Waals surface area contributed by atoms with Gasteiger partial charge < -0.3 is 10.6 Å². The summed E-state index contributed by atoms with van der Waals surface area (Å²) in [7, 11) is 0. The average molecular weight is 341 g/mol. The third kappa shape index (κ3) is 4.54. The first-order valence-electron chi connectivity index (χ1n) is 5.54. The second-order valence-electron chi connectivity index (χ2n) is 3.81. The number of urea groups is 1. The summed E-state index contributed by atoms with van der Waals surface area (Å²) < 4.78 is 0.720. The van der Waals surface area contributed by atoms with Gasteiger partial charge in [-0.3, -0.25) is 0 Å². The molecule has 0 saturated heterocycles. The summed E-state index contributed by atoms with van der Waals surface area (Å²) in [6, 6.07) is 10.6. The molecule has 0 aliphatic heterocycles. The van der Waals surface area contributed by atoms with Crippen LogP contribution in [0.2, 0.25) is 5.02 Å². The molecule has 2 rings (SSSR count). The third-order valence-electron chi connectivity index (χ3n) is 2.33. The van der Waals surface area contributed by atoms with Crippen molar-refractivity contribution < 1.29 is 4.79 Å². The summed E-state index contributed by atoms with van der Waals surface area (Å²) in [6.45, 7) is 0.413. The molecule has 2 amide bonds. The van der Waals surface area contributed by atoms with Gasteiger partial charge in [0.1, 0.15) is 4.60 Å². The van der Waals surface area contributed by atoms with E-state index >= 15 is 0 Å². The van der Waals surface area contributed by atoms with Crippen molar-refractivity contribution in [1.82, 2.24) is 10.3 Å². The van der Waals surface area contributed by atoms with Crippen LogP contribution in [0.4, 0.5) is 10.5 Å². The average Bonchev–Trinajstić information content (AvgIpc) is 2.39. The highest BCUT2D eigenvalue weighted by molar-refractivity contribution is 9.10. The largest absolute Gasteiger partial charge is 0.334 e. The number of anilines is 1. The van der Waals surface area contributed by atoms with Crippen molar-refractivity contribution >= 4 is 39.2 Å². The molecule has 0 saturated carbocycles. The summed E-state index contributed by atoms with van der Waals surface area (Å²) in [6.07, 6.45) is 1.57. The normalized spacial score (nSPS) is 10.0. The first-order valence-corrected chi connectivity index (χ1v) is 6.71. The van der Waals surface area contributed by atoms with Crippen LogP contribution in [0.25, 0.3) is 0 Å². The van der Waals surface area contributed by atoms with Crippen LogP contribution >= 0.6 is 27.5 Å². The van der Waals surface area contributed by atoms with Gasteiger partial charge >= 0.3 is 6.03 Å². The molecular formula is C13H11BrClN3O. The summed E-state index contributed by atoms with van der Waals surface area (Å²) in [5.41, 5.74) is 1.57. The van der Waals surface area contributed by atoms with Crippen molar-refractivity contribution in [3.8, 4) is 0 Å². The van der Waals surface area contributed by atoms with Crippen LogP contribution in [-0.4, -0.2) is 11.0 Å². The first kappa shape index (κ1) is 13.8. The predicted octanol–water partition coefficient (Wildman–Crippen LogP) is 3.82. The van der Waals surface area contributed by atoms with Crippen molar-refractivity contribution in [1.29, 1.82) is 0 Å². The van der Waals surface area contributed by atoms with E-state index in [1.54, 1.807) is 24.4 Å². The van der Waals surface area contributed by atoms with Gasteiger partial charge in [0.2, 0.25) is 0 Å². The van der Waals surface area contributed by atoms with E-state index in [0.29, 0.717) is 17.3 Å². The van der Waals surface area contributed by atoms with Gasteiger partial charge in [0.25, 0.3) is 0 Å². The third-order valence-corrected chi connectivity index (χ3v) is 3.03. The summed E-state index contributed by atoms with van der Waals surface area (Å²) in [5, 5.41) is 6.08. The summed E-state index contributed by atoms with van der Waals surface area (Å²) >= 11 is 9.09. The molecule has 6 heteroatoms. The molecular weight excluding hydrogens is 330 g/mol. The lowest BCUT2D eigenvalue weighted by Crippen LogP contribution is -2.28.